The maximum atomic E-state index is 6.65. The molecule has 5 aromatic rings. The topological polar surface area (TPSA) is 27.1 Å². The number of aryl methyl sites for hydroxylation is 1. The van der Waals surface area contributed by atoms with E-state index in [0.717, 1.165) is 50.1 Å². The predicted molar refractivity (Wildman–Crippen MR) is 152 cm³/mol. The molecule has 1 unspecified atom stereocenters. The first kappa shape index (κ1) is 21.9. The molecule has 176 valence electrons. The van der Waals surface area contributed by atoms with Crippen LogP contribution in [0.2, 0.25) is 0 Å². The molecule has 1 atom stereocenters. The Bertz CT molecular complexity index is 1710. The Hall–Kier alpha value is -3.32. The molecule has 2 aliphatic rings. The third kappa shape index (κ3) is 3.44. The molecule has 7 rings (SSSR count). The van der Waals surface area contributed by atoms with Gasteiger partial charge in [-0.25, -0.2) is 4.98 Å². The summed E-state index contributed by atoms with van der Waals surface area (Å²) in [7, 11) is 0. The molecule has 3 aromatic carbocycles. The Morgan fingerprint density at radius 1 is 0.861 bits per heavy atom. The fourth-order valence-electron chi connectivity index (χ4n) is 5.39. The predicted octanol–water partition coefficient (Wildman–Crippen LogP) is 8.78. The lowest BCUT2D eigenvalue weighted by Crippen LogP contribution is -2.21. The first-order chi connectivity index (χ1) is 17.7. The van der Waals surface area contributed by atoms with Crippen molar-refractivity contribution in [3.63, 3.8) is 0 Å². The summed E-state index contributed by atoms with van der Waals surface area (Å²) in [5.74, 6) is 2.00. The van der Waals surface area contributed by atoms with E-state index in [2.05, 4.69) is 84.3 Å². The molecular formula is C30H22N2OS3. The minimum Gasteiger partial charge on any atom is -0.466 e. The summed E-state index contributed by atoms with van der Waals surface area (Å²) in [5, 5.41) is 1.02. The van der Waals surface area contributed by atoms with Gasteiger partial charge < -0.3 is 4.74 Å². The first-order valence-corrected chi connectivity index (χ1v) is 14.1. The second-order valence-corrected chi connectivity index (χ2v) is 11.8. The number of thiazole rings is 2. The molecule has 1 aliphatic heterocycles. The van der Waals surface area contributed by atoms with E-state index in [9.17, 15) is 0 Å². The van der Waals surface area contributed by atoms with Gasteiger partial charge in [-0.05, 0) is 55.4 Å². The van der Waals surface area contributed by atoms with Gasteiger partial charge in [0.15, 0.2) is 3.95 Å². The second kappa shape index (κ2) is 8.66. The summed E-state index contributed by atoms with van der Waals surface area (Å²) in [6.07, 6.45) is 1.81. The fraction of sp³-hybridized carbons (Fsp3) is 0.133. The van der Waals surface area contributed by atoms with Gasteiger partial charge in [0.1, 0.15) is 16.5 Å². The maximum absolute atomic E-state index is 6.65. The lowest BCUT2D eigenvalue weighted by atomic mass is 9.78. The number of aromatic nitrogens is 2. The molecule has 1 aliphatic carbocycles. The Morgan fingerprint density at radius 3 is 2.36 bits per heavy atom. The molecule has 0 radical (unpaired) electrons. The van der Waals surface area contributed by atoms with Crippen LogP contribution in [0.5, 0.6) is 0 Å². The third-order valence-electron chi connectivity index (χ3n) is 6.92. The van der Waals surface area contributed by atoms with Crippen LogP contribution in [0.15, 0.2) is 96.4 Å². The first-order valence-electron chi connectivity index (χ1n) is 12.0. The standard InChI is InChI=1S/C30H22N2OS3/c1-18-25(29-31-21-14-8-9-15-23(21)35-29)26(19-10-4-2-5-11-19)27-22(33-18)16-17-24-28(27)32(30(34)36-24)20-12-6-3-7-13-20/h2-15,26H,16-17H2,1H3. The van der Waals surface area contributed by atoms with Crippen molar-refractivity contribution in [2.75, 3.05) is 0 Å². The Labute approximate surface area is 222 Å². The number of allylic oxidation sites excluding steroid dienone is 4. The van der Waals surface area contributed by atoms with Crippen LogP contribution in [0.25, 0.3) is 27.1 Å². The van der Waals surface area contributed by atoms with E-state index < -0.39 is 0 Å². The van der Waals surface area contributed by atoms with E-state index >= 15 is 0 Å². The molecule has 36 heavy (non-hydrogen) atoms. The van der Waals surface area contributed by atoms with Crippen molar-refractivity contribution in [3.05, 3.63) is 122 Å². The van der Waals surface area contributed by atoms with Gasteiger partial charge in [-0.3, -0.25) is 4.57 Å². The Morgan fingerprint density at radius 2 is 1.58 bits per heavy atom. The quantitative estimate of drug-likeness (QED) is 0.222. The lowest BCUT2D eigenvalue weighted by molar-refractivity contribution is 0.286. The largest absolute Gasteiger partial charge is 0.466 e. The van der Waals surface area contributed by atoms with Crippen LogP contribution >= 0.6 is 34.9 Å². The average Bonchev–Trinajstić information content (AvgIpc) is 3.49. The number of nitrogens with zero attached hydrogens (tertiary/aromatic N) is 2. The zero-order chi connectivity index (χ0) is 24.2. The van der Waals surface area contributed by atoms with Crippen LogP contribution < -0.4 is 0 Å². The number of fused-ring (bicyclic) bond motifs is 3. The minimum atomic E-state index is 0.00789. The fourth-order valence-corrected chi connectivity index (χ4v) is 7.98. The maximum Gasteiger partial charge on any atom is 0.166 e. The summed E-state index contributed by atoms with van der Waals surface area (Å²) >= 11 is 9.40. The highest BCUT2D eigenvalue weighted by Crippen LogP contribution is 2.54. The average molecular weight is 523 g/mol. The van der Waals surface area contributed by atoms with E-state index in [1.807, 2.05) is 12.1 Å². The highest BCUT2D eigenvalue weighted by atomic mass is 32.1. The molecule has 0 N–H and O–H groups in total. The van der Waals surface area contributed by atoms with E-state index in [-0.39, 0.29) is 5.92 Å². The second-order valence-electron chi connectivity index (χ2n) is 9.05. The zero-order valence-corrected chi connectivity index (χ0v) is 22.1. The molecule has 0 bridgehead atoms. The van der Waals surface area contributed by atoms with Gasteiger partial charge in [0.2, 0.25) is 0 Å². The molecule has 3 heterocycles. The molecule has 0 saturated heterocycles. The summed E-state index contributed by atoms with van der Waals surface area (Å²) in [6.45, 7) is 2.09. The van der Waals surface area contributed by atoms with Crippen LogP contribution in [0.4, 0.5) is 0 Å². The van der Waals surface area contributed by atoms with Crippen molar-refractivity contribution < 1.29 is 4.74 Å². The van der Waals surface area contributed by atoms with Crippen molar-refractivity contribution in [2.45, 2.75) is 25.7 Å². The highest BCUT2D eigenvalue weighted by molar-refractivity contribution is 7.73. The summed E-state index contributed by atoms with van der Waals surface area (Å²) in [4.78, 5) is 6.40. The van der Waals surface area contributed by atoms with Gasteiger partial charge in [0.25, 0.3) is 0 Å². The number of ether oxygens (including phenoxy) is 1. The monoisotopic (exact) mass is 522 g/mol. The van der Waals surface area contributed by atoms with Gasteiger partial charge in [-0.15, -0.1) is 22.7 Å². The molecule has 0 saturated carbocycles. The molecule has 0 amide bonds. The normalized spacial score (nSPS) is 17.2. The van der Waals surface area contributed by atoms with E-state index in [4.69, 9.17) is 21.9 Å². The summed E-state index contributed by atoms with van der Waals surface area (Å²) in [6, 6.07) is 29.6. The molecule has 2 aromatic heterocycles. The summed E-state index contributed by atoms with van der Waals surface area (Å²) < 4.78 is 11.0. The zero-order valence-electron chi connectivity index (χ0n) is 19.6. The number of rotatable bonds is 3. The van der Waals surface area contributed by atoms with Gasteiger partial charge >= 0.3 is 0 Å². The Kier molecular flexibility index (Phi) is 5.27. The van der Waals surface area contributed by atoms with Crippen molar-refractivity contribution >= 4 is 56.3 Å². The van der Waals surface area contributed by atoms with Gasteiger partial charge in [-0.2, -0.15) is 0 Å². The van der Waals surface area contributed by atoms with Crippen LogP contribution in [0, 0.1) is 3.95 Å². The molecule has 0 fully saturated rings. The smallest absolute Gasteiger partial charge is 0.166 e. The van der Waals surface area contributed by atoms with Crippen molar-refractivity contribution in [3.8, 4) is 5.69 Å². The lowest BCUT2D eigenvalue weighted by Gasteiger charge is -2.35. The van der Waals surface area contributed by atoms with Gasteiger partial charge in [0, 0.05) is 34.0 Å². The number of benzene rings is 3. The number of hydrogen-bond acceptors (Lipinski definition) is 5. The molecular weight excluding hydrogens is 501 g/mol. The third-order valence-corrected chi connectivity index (χ3v) is 9.42. The van der Waals surface area contributed by atoms with Crippen molar-refractivity contribution in [2.24, 2.45) is 0 Å². The van der Waals surface area contributed by atoms with Crippen LogP contribution in [-0.2, 0) is 11.2 Å². The molecule has 3 nitrogen and oxygen atoms in total. The van der Waals surface area contributed by atoms with Crippen molar-refractivity contribution in [1.82, 2.24) is 9.55 Å². The molecule has 0 spiro atoms. The van der Waals surface area contributed by atoms with E-state index in [1.165, 1.54) is 26.4 Å². The van der Waals surface area contributed by atoms with Gasteiger partial charge in [-0.1, -0.05) is 60.7 Å². The number of hydrogen-bond donors (Lipinski definition) is 0. The minimum absolute atomic E-state index is 0.00789. The van der Waals surface area contributed by atoms with E-state index in [0.29, 0.717) is 0 Å². The Balaban J connectivity index is 1.50. The highest BCUT2D eigenvalue weighted by Gasteiger charge is 2.39. The number of para-hydroxylation sites is 2. The SMILES string of the molecule is CC1=C(c2nc3ccccc3s2)C(c2ccccc2)C2=C(CCc3sc(=S)n(-c4ccccc4)c32)O1. The van der Waals surface area contributed by atoms with Gasteiger partial charge in [0.05, 0.1) is 15.9 Å². The van der Waals surface area contributed by atoms with Crippen LogP contribution in [-0.4, -0.2) is 9.55 Å². The van der Waals surface area contributed by atoms with Crippen molar-refractivity contribution in [1.29, 1.82) is 0 Å². The van der Waals surface area contributed by atoms with E-state index in [1.54, 1.807) is 22.7 Å². The van der Waals surface area contributed by atoms with Crippen LogP contribution in [0.3, 0.4) is 0 Å². The van der Waals surface area contributed by atoms with Crippen LogP contribution in [0.1, 0.15) is 40.4 Å². The molecule has 6 heteroatoms. The summed E-state index contributed by atoms with van der Waals surface area (Å²) in [5.41, 5.74) is 6.91.